The van der Waals surface area contributed by atoms with Gasteiger partial charge in [-0.15, -0.1) is 0 Å². The van der Waals surface area contributed by atoms with Gasteiger partial charge in [0.05, 0.1) is 42.5 Å². The molecular formula is C18H23N5O3S. The van der Waals surface area contributed by atoms with E-state index in [0.717, 1.165) is 11.3 Å². The fraction of sp³-hybridized carbons (Fsp3) is 0.444. The molecule has 1 atom stereocenters. The van der Waals surface area contributed by atoms with E-state index in [1.165, 1.54) is 4.31 Å². The molecule has 0 bridgehead atoms. The minimum absolute atomic E-state index is 0.0313. The van der Waals surface area contributed by atoms with E-state index in [2.05, 4.69) is 10.4 Å². The Morgan fingerprint density at radius 2 is 2.07 bits per heavy atom. The molecule has 0 aliphatic carbocycles. The van der Waals surface area contributed by atoms with Crippen LogP contribution in [0, 0.1) is 0 Å². The lowest BCUT2D eigenvalue weighted by Crippen LogP contribution is -2.49. The number of benzene rings is 1. The Morgan fingerprint density at radius 3 is 2.78 bits per heavy atom. The molecule has 3 heterocycles. The number of hydrogen-bond acceptors (Lipinski definition) is 4. The van der Waals surface area contributed by atoms with E-state index in [1.807, 2.05) is 41.9 Å². The van der Waals surface area contributed by atoms with Crippen molar-refractivity contribution in [2.75, 3.05) is 16.6 Å². The van der Waals surface area contributed by atoms with Crippen LogP contribution < -0.4 is 9.62 Å². The van der Waals surface area contributed by atoms with Crippen LogP contribution in [0.2, 0.25) is 0 Å². The molecule has 9 heteroatoms. The van der Waals surface area contributed by atoms with Gasteiger partial charge in [0.1, 0.15) is 0 Å². The number of anilines is 1. The van der Waals surface area contributed by atoms with E-state index >= 15 is 0 Å². The highest BCUT2D eigenvalue weighted by Gasteiger charge is 2.35. The Balaban J connectivity index is 1.52. The zero-order valence-corrected chi connectivity index (χ0v) is 16.0. The quantitative estimate of drug-likeness (QED) is 0.863. The van der Waals surface area contributed by atoms with Crippen molar-refractivity contribution in [2.45, 2.75) is 39.0 Å². The molecule has 0 spiro atoms. The van der Waals surface area contributed by atoms with Crippen LogP contribution in [0.3, 0.4) is 0 Å². The maximum atomic E-state index is 12.7. The molecule has 27 heavy (non-hydrogen) atoms. The highest BCUT2D eigenvalue weighted by Crippen LogP contribution is 2.31. The van der Waals surface area contributed by atoms with E-state index in [9.17, 15) is 13.2 Å². The lowest BCUT2D eigenvalue weighted by molar-refractivity contribution is 0.149. The first-order chi connectivity index (χ1) is 13.0. The lowest BCUT2D eigenvalue weighted by Gasteiger charge is -2.35. The van der Waals surface area contributed by atoms with Crippen molar-refractivity contribution in [1.82, 2.24) is 20.0 Å². The number of hydrogen-bond donors (Lipinski definition) is 1. The van der Waals surface area contributed by atoms with Gasteiger partial charge in [-0.25, -0.2) is 13.2 Å². The van der Waals surface area contributed by atoms with Gasteiger partial charge in [0.25, 0.3) is 0 Å². The smallest absolute Gasteiger partial charge is 0.318 e. The molecule has 144 valence electrons. The van der Waals surface area contributed by atoms with E-state index < -0.39 is 10.0 Å². The Hall–Kier alpha value is -2.55. The van der Waals surface area contributed by atoms with Crippen LogP contribution in [-0.4, -0.2) is 47.5 Å². The Labute approximate surface area is 158 Å². The molecule has 1 N–H and O–H groups in total. The van der Waals surface area contributed by atoms with Crippen molar-refractivity contribution >= 4 is 21.7 Å². The Bertz CT molecular complexity index is 941. The van der Waals surface area contributed by atoms with Crippen LogP contribution in [0.5, 0.6) is 0 Å². The second kappa shape index (κ2) is 6.88. The summed E-state index contributed by atoms with van der Waals surface area (Å²) in [5.74, 6) is 0.162. The number of rotatable bonds is 3. The van der Waals surface area contributed by atoms with Gasteiger partial charge < -0.3 is 10.2 Å². The number of aromatic nitrogens is 2. The zero-order chi connectivity index (χ0) is 19.0. The van der Waals surface area contributed by atoms with Crippen LogP contribution in [0.4, 0.5) is 10.5 Å². The molecule has 1 aromatic carbocycles. The van der Waals surface area contributed by atoms with Gasteiger partial charge in [-0.2, -0.15) is 5.10 Å². The normalized spacial score (nSPS) is 21.1. The number of carbonyl (C=O) groups excluding carboxylic acids is 1. The van der Waals surface area contributed by atoms with Crippen molar-refractivity contribution in [3.05, 3.63) is 47.8 Å². The summed E-state index contributed by atoms with van der Waals surface area (Å²) in [5.41, 5.74) is 2.40. The third-order valence-corrected chi connectivity index (χ3v) is 6.99. The lowest BCUT2D eigenvalue weighted by atomic mass is 10.2. The molecule has 1 fully saturated rings. The average molecular weight is 389 g/mol. The third kappa shape index (κ3) is 3.39. The van der Waals surface area contributed by atoms with Gasteiger partial charge in [0.15, 0.2) is 0 Å². The van der Waals surface area contributed by atoms with Crippen molar-refractivity contribution in [3.8, 4) is 0 Å². The molecule has 1 saturated heterocycles. The Morgan fingerprint density at radius 1 is 1.30 bits per heavy atom. The van der Waals surface area contributed by atoms with Crippen molar-refractivity contribution < 1.29 is 13.2 Å². The minimum Gasteiger partial charge on any atom is -0.334 e. The van der Waals surface area contributed by atoms with E-state index in [0.29, 0.717) is 38.3 Å². The minimum atomic E-state index is -3.28. The highest BCUT2D eigenvalue weighted by atomic mass is 32.2. The number of sulfonamides is 1. The number of fused-ring (bicyclic) bond motifs is 1. The summed E-state index contributed by atoms with van der Waals surface area (Å²) in [6, 6.07) is 9.55. The van der Waals surface area contributed by atoms with Gasteiger partial charge in [-0.3, -0.25) is 8.99 Å². The van der Waals surface area contributed by atoms with Crippen LogP contribution in [0.1, 0.15) is 24.6 Å². The maximum absolute atomic E-state index is 12.7. The summed E-state index contributed by atoms with van der Waals surface area (Å²) in [7, 11) is -3.28. The van der Waals surface area contributed by atoms with Gasteiger partial charge in [-0.05, 0) is 18.9 Å². The number of nitrogens with one attached hydrogen (secondary N) is 1. The fourth-order valence-corrected chi connectivity index (χ4v) is 5.23. The average Bonchev–Trinajstić information content (AvgIpc) is 3.21. The first-order valence-corrected chi connectivity index (χ1v) is 10.7. The van der Waals surface area contributed by atoms with Gasteiger partial charge >= 0.3 is 6.03 Å². The topological polar surface area (TPSA) is 87.5 Å². The van der Waals surface area contributed by atoms with Gasteiger partial charge in [0, 0.05) is 13.1 Å². The molecule has 1 aromatic heterocycles. The predicted octanol–water partition coefficient (Wildman–Crippen LogP) is 1.54. The number of amides is 2. The van der Waals surface area contributed by atoms with E-state index in [-0.39, 0.29) is 17.8 Å². The molecule has 4 rings (SSSR count). The molecule has 2 aliphatic heterocycles. The molecule has 0 radical (unpaired) electrons. The standard InChI is InChI=1S/C18H23N5O3S/c1-14-12-22-17(16(11-20-22)23-8-5-9-27(23,25)26)13-21(14)18(24)19-10-15-6-3-2-4-7-15/h2-4,6-7,11,14H,5,8-10,12-13H2,1H3,(H,19,24). The molecule has 2 amide bonds. The first kappa shape index (κ1) is 17.8. The van der Waals surface area contributed by atoms with Crippen LogP contribution in [0.15, 0.2) is 36.5 Å². The molecule has 2 aliphatic rings. The van der Waals surface area contributed by atoms with Crippen molar-refractivity contribution in [1.29, 1.82) is 0 Å². The summed E-state index contributed by atoms with van der Waals surface area (Å²) in [6.45, 7) is 3.77. The number of carbonyl (C=O) groups is 1. The SMILES string of the molecule is CC1Cn2ncc(N3CCCS3(=O)=O)c2CN1C(=O)NCc1ccccc1. The summed E-state index contributed by atoms with van der Waals surface area (Å²) in [6.07, 6.45) is 2.22. The van der Waals surface area contributed by atoms with Crippen molar-refractivity contribution in [2.24, 2.45) is 0 Å². The highest BCUT2D eigenvalue weighted by molar-refractivity contribution is 7.93. The van der Waals surface area contributed by atoms with Gasteiger partial charge in [-0.1, -0.05) is 30.3 Å². The van der Waals surface area contributed by atoms with Crippen LogP contribution in [-0.2, 0) is 29.7 Å². The molecule has 1 unspecified atom stereocenters. The fourth-order valence-electron chi connectivity index (χ4n) is 3.65. The maximum Gasteiger partial charge on any atom is 0.318 e. The number of nitrogens with zero attached hydrogens (tertiary/aromatic N) is 4. The first-order valence-electron chi connectivity index (χ1n) is 9.09. The molecule has 2 aromatic rings. The largest absolute Gasteiger partial charge is 0.334 e. The summed E-state index contributed by atoms with van der Waals surface area (Å²) in [5, 5.41) is 7.31. The Kier molecular flexibility index (Phi) is 4.55. The molecule has 8 nitrogen and oxygen atoms in total. The van der Waals surface area contributed by atoms with E-state index in [1.54, 1.807) is 11.1 Å². The second-order valence-electron chi connectivity index (χ2n) is 7.02. The zero-order valence-electron chi connectivity index (χ0n) is 15.2. The molecule has 0 saturated carbocycles. The number of urea groups is 1. The van der Waals surface area contributed by atoms with E-state index in [4.69, 9.17) is 0 Å². The predicted molar refractivity (Wildman–Crippen MR) is 102 cm³/mol. The monoisotopic (exact) mass is 389 g/mol. The summed E-state index contributed by atoms with van der Waals surface area (Å²) < 4.78 is 27.8. The van der Waals surface area contributed by atoms with Crippen LogP contribution >= 0.6 is 0 Å². The summed E-state index contributed by atoms with van der Waals surface area (Å²) >= 11 is 0. The van der Waals surface area contributed by atoms with Crippen molar-refractivity contribution in [3.63, 3.8) is 0 Å². The molecular weight excluding hydrogens is 366 g/mol. The van der Waals surface area contributed by atoms with Gasteiger partial charge in [0.2, 0.25) is 10.0 Å². The third-order valence-electron chi connectivity index (χ3n) is 5.13. The van der Waals surface area contributed by atoms with Crippen LogP contribution in [0.25, 0.3) is 0 Å². The summed E-state index contributed by atoms with van der Waals surface area (Å²) in [4.78, 5) is 14.5. The second-order valence-corrected chi connectivity index (χ2v) is 9.03.